The van der Waals surface area contributed by atoms with Crippen molar-refractivity contribution in [2.24, 2.45) is 0 Å². The number of hydrogen-bond acceptors (Lipinski definition) is 4. The number of nitrogens with zero attached hydrogens (tertiary/aromatic N) is 1. The maximum atomic E-state index is 9.02. The van der Waals surface area contributed by atoms with E-state index in [0.717, 1.165) is 12.8 Å². The maximum Gasteiger partial charge on any atom is 0.162 e. The molecule has 0 aliphatic heterocycles. The largest absolute Gasteiger partial charge is 0.493 e. The van der Waals surface area contributed by atoms with E-state index in [1.165, 1.54) is 11.1 Å². The molecule has 0 spiro atoms. The molecule has 22 heavy (non-hydrogen) atoms. The summed E-state index contributed by atoms with van der Waals surface area (Å²) < 4.78 is 11.0. The second-order valence-electron chi connectivity index (χ2n) is 5.14. The predicted molar refractivity (Wildman–Crippen MR) is 87.1 cm³/mol. The van der Waals surface area contributed by atoms with E-state index in [1.54, 1.807) is 19.2 Å². The van der Waals surface area contributed by atoms with Crippen molar-refractivity contribution in [1.29, 1.82) is 5.26 Å². The average molecular weight is 296 g/mol. The van der Waals surface area contributed by atoms with Crippen LogP contribution in [0.1, 0.15) is 23.1 Å². The van der Waals surface area contributed by atoms with E-state index in [0.29, 0.717) is 29.4 Å². The van der Waals surface area contributed by atoms with Crippen molar-refractivity contribution in [3.05, 3.63) is 53.1 Å². The van der Waals surface area contributed by atoms with Crippen LogP contribution >= 0.6 is 0 Å². The van der Waals surface area contributed by atoms with Crippen molar-refractivity contribution >= 4 is 5.69 Å². The molecule has 2 N–H and O–H groups in total. The molecule has 0 aliphatic rings. The fourth-order valence-electron chi connectivity index (χ4n) is 2.16. The van der Waals surface area contributed by atoms with Gasteiger partial charge >= 0.3 is 0 Å². The van der Waals surface area contributed by atoms with Gasteiger partial charge in [-0.1, -0.05) is 29.8 Å². The summed E-state index contributed by atoms with van der Waals surface area (Å²) in [6.07, 6.45) is 1.83. The number of nitrogens with two attached hydrogens (primary N) is 1. The number of aryl methyl sites for hydroxylation is 2. The SMILES string of the molecule is COc1cc(N)c(C#N)cc1OCCCc1ccc(C)cc1. The van der Waals surface area contributed by atoms with Crippen LogP contribution in [0.4, 0.5) is 5.69 Å². The predicted octanol–water partition coefficient (Wildman–Crippen LogP) is 3.47. The number of methoxy groups -OCH3 is 1. The minimum Gasteiger partial charge on any atom is -0.493 e. The van der Waals surface area contributed by atoms with Crippen LogP contribution in [0.15, 0.2) is 36.4 Å². The van der Waals surface area contributed by atoms with E-state index in [-0.39, 0.29) is 0 Å². The number of ether oxygens (including phenoxy) is 2. The zero-order valence-electron chi connectivity index (χ0n) is 12.9. The second-order valence-corrected chi connectivity index (χ2v) is 5.14. The van der Waals surface area contributed by atoms with Gasteiger partial charge in [0.1, 0.15) is 6.07 Å². The molecule has 0 radical (unpaired) electrons. The standard InChI is InChI=1S/C18H20N2O2/c1-13-5-7-14(8-6-13)4-3-9-22-18-10-15(12-19)16(20)11-17(18)21-2/h5-8,10-11H,3-4,9,20H2,1-2H3. The van der Waals surface area contributed by atoms with Crippen molar-refractivity contribution in [3.8, 4) is 17.6 Å². The Balaban J connectivity index is 1.94. The molecular formula is C18H20N2O2. The molecule has 2 aromatic rings. The molecule has 0 saturated carbocycles. The van der Waals surface area contributed by atoms with E-state index >= 15 is 0 Å². The third-order valence-corrected chi connectivity index (χ3v) is 3.44. The fourth-order valence-corrected chi connectivity index (χ4v) is 2.16. The molecule has 0 unspecified atom stereocenters. The third-order valence-electron chi connectivity index (χ3n) is 3.44. The van der Waals surface area contributed by atoms with Crippen LogP contribution in [0.25, 0.3) is 0 Å². The minimum absolute atomic E-state index is 0.395. The molecule has 0 atom stereocenters. The van der Waals surface area contributed by atoms with Crippen LogP contribution in [0, 0.1) is 18.3 Å². The van der Waals surface area contributed by atoms with E-state index < -0.39 is 0 Å². The van der Waals surface area contributed by atoms with E-state index in [4.69, 9.17) is 20.5 Å². The molecule has 2 aromatic carbocycles. The summed E-state index contributed by atoms with van der Waals surface area (Å²) in [6, 6.07) is 13.8. The smallest absolute Gasteiger partial charge is 0.162 e. The topological polar surface area (TPSA) is 68.3 Å². The van der Waals surface area contributed by atoms with Gasteiger partial charge in [-0.2, -0.15) is 5.26 Å². The number of anilines is 1. The van der Waals surface area contributed by atoms with Gasteiger partial charge in [0.15, 0.2) is 11.5 Å². The first-order chi connectivity index (χ1) is 10.6. The zero-order chi connectivity index (χ0) is 15.9. The first-order valence-electron chi connectivity index (χ1n) is 7.20. The molecule has 114 valence electrons. The lowest BCUT2D eigenvalue weighted by Crippen LogP contribution is -2.02. The van der Waals surface area contributed by atoms with Gasteiger partial charge < -0.3 is 15.2 Å². The van der Waals surface area contributed by atoms with E-state index in [2.05, 4.69) is 31.2 Å². The highest BCUT2D eigenvalue weighted by atomic mass is 16.5. The summed E-state index contributed by atoms with van der Waals surface area (Å²) in [6.45, 7) is 2.63. The summed E-state index contributed by atoms with van der Waals surface area (Å²) in [5.41, 5.74) is 9.10. The van der Waals surface area contributed by atoms with Gasteiger partial charge in [0, 0.05) is 12.1 Å². The third kappa shape index (κ3) is 3.92. The molecule has 0 bridgehead atoms. The lowest BCUT2D eigenvalue weighted by Gasteiger charge is -2.12. The van der Waals surface area contributed by atoms with Gasteiger partial charge in [0.2, 0.25) is 0 Å². The van der Waals surface area contributed by atoms with Crippen LogP contribution in [0.3, 0.4) is 0 Å². The number of nitrogen functional groups attached to an aromatic ring is 1. The monoisotopic (exact) mass is 296 g/mol. The van der Waals surface area contributed by atoms with Crippen LogP contribution in [0.5, 0.6) is 11.5 Å². The summed E-state index contributed by atoms with van der Waals surface area (Å²) in [7, 11) is 1.56. The van der Waals surface area contributed by atoms with Gasteiger partial charge in [0.05, 0.1) is 25.0 Å². The molecule has 2 rings (SSSR count). The number of rotatable bonds is 6. The van der Waals surface area contributed by atoms with E-state index in [1.807, 2.05) is 6.07 Å². The van der Waals surface area contributed by atoms with Gasteiger partial charge in [-0.05, 0) is 25.3 Å². The molecule has 0 aromatic heterocycles. The first-order valence-corrected chi connectivity index (χ1v) is 7.20. The highest BCUT2D eigenvalue weighted by Gasteiger charge is 2.09. The van der Waals surface area contributed by atoms with Crippen molar-refractivity contribution in [1.82, 2.24) is 0 Å². The van der Waals surface area contributed by atoms with Crippen molar-refractivity contribution in [2.45, 2.75) is 19.8 Å². The van der Waals surface area contributed by atoms with E-state index in [9.17, 15) is 0 Å². The van der Waals surface area contributed by atoms with Gasteiger partial charge in [-0.15, -0.1) is 0 Å². The van der Waals surface area contributed by atoms with Crippen LogP contribution in [-0.2, 0) is 6.42 Å². The number of benzene rings is 2. The Labute approximate surface area is 131 Å². The van der Waals surface area contributed by atoms with Gasteiger partial charge in [-0.25, -0.2) is 0 Å². The Morgan fingerprint density at radius 2 is 1.86 bits per heavy atom. The van der Waals surface area contributed by atoms with Crippen molar-refractivity contribution < 1.29 is 9.47 Å². The molecule has 0 saturated heterocycles. The lowest BCUT2D eigenvalue weighted by molar-refractivity contribution is 0.289. The molecule has 0 fully saturated rings. The molecular weight excluding hydrogens is 276 g/mol. The second kappa shape index (κ2) is 7.37. The molecule has 0 amide bonds. The lowest BCUT2D eigenvalue weighted by atomic mass is 10.1. The van der Waals surface area contributed by atoms with Crippen molar-refractivity contribution in [2.75, 3.05) is 19.5 Å². The quantitative estimate of drug-likeness (QED) is 0.654. The minimum atomic E-state index is 0.395. The molecule has 4 nitrogen and oxygen atoms in total. The van der Waals surface area contributed by atoms with Crippen LogP contribution < -0.4 is 15.2 Å². The van der Waals surface area contributed by atoms with Gasteiger partial charge in [-0.3, -0.25) is 0 Å². The Morgan fingerprint density at radius 3 is 2.50 bits per heavy atom. The first kappa shape index (κ1) is 15.7. The summed E-state index contributed by atoms with van der Waals surface area (Å²) in [4.78, 5) is 0. The molecule has 0 heterocycles. The fraction of sp³-hybridized carbons (Fsp3) is 0.278. The normalized spacial score (nSPS) is 10.0. The zero-order valence-corrected chi connectivity index (χ0v) is 12.9. The maximum absolute atomic E-state index is 9.02. The summed E-state index contributed by atoms with van der Waals surface area (Å²) in [5.74, 6) is 1.10. The Kier molecular flexibility index (Phi) is 5.26. The van der Waals surface area contributed by atoms with Crippen LogP contribution in [0.2, 0.25) is 0 Å². The Bertz CT molecular complexity index is 673. The summed E-state index contributed by atoms with van der Waals surface area (Å²) in [5, 5.41) is 9.02. The Hall–Kier alpha value is -2.67. The number of hydrogen-bond donors (Lipinski definition) is 1. The Morgan fingerprint density at radius 1 is 1.14 bits per heavy atom. The average Bonchev–Trinajstić information content (AvgIpc) is 2.53. The summed E-state index contributed by atoms with van der Waals surface area (Å²) >= 11 is 0. The number of nitriles is 1. The molecule has 4 heteroatoms. The highest BCUT2D eigenvalue weighted by Crippen LogP contribution is 2.32. The van der Waals surface area contributed by atoms with Crippen molar-refractivity contribution in [3.63, 3.8) is 0 Å². The van der Waals surface area contributed by atoms with Gasteiger partial charge in [0.25, 0.3) is 0 Å². The van der Waals surface area contributed by atoms with Crippen LogP contribution in [-0.4, -0.2) is 13.7 Å². The molecule has 0 aliphatic carbocycles. The highest BCUT2D eigenvalue weighted by molar-refractivity contribution is 5.62.